The maximum atomic E-state index is 11.7. The first-order valence-corrected chi connectivity index (χ1v) is 6.51. The molecule has 0 spiro atoms. The Balaban J connectivity index is 2.11. The molecule has 0 radical (unpaired) electrons. The molecule has 4 atom stereocenters. The molecule has 11 nitrogen and oxygen atoms in total. The van der Waals surface area contributed by atoms with Crippen molar-refractivity contribution in [2.75, 3.05) is 18.9 Å². The fourth-order valence-corrected chi connectivity index (χ4v) is 2.60. The highest BCUT2D eigenvalue weighted by Gasteiger charge is 2.55. The van der Waals surface area contributed by atoms with Gasteiger partial charge in [0.15, 0.2) is 17.4 Å². The van der Waals surface area contributed by atoms with Crippen LogP contribution in [0.15, 0.2) is 11.1 Å². The molecule has 2 aromatic rings. The lowest BCUT2D eigenvalue weighted by Gasteiger charge is -2.28. The van der Waals surface area contributed by atoms with E-state index in [9.17, 15) is 20.1 Å². The summed E-state index contributed by atoms with van der Waals surface area (Å²) in [4.78, 5) is 21.9. The lowest BCUT2D eigenvalue weighted by Crippen LogP contribution is -2.54. The summed E-state index contributed by atoms with van der Waals surface area (Å²) in [6, 6.07) is 0. The number of nitrogens with one attached hydrogen (secondary N) is 1. The lowest BCUT2D eigenvalue weighted by molar-refractivity contribution is -0.0861. The number of hydrogen-bond acceptors (Lipinski definition) is 9. The third-order valence-corrected chi connectivity index (χ3v) is 3.86. The summed E-state index contributed by atoms with van der Waals surface area (Å²) in [5, 5.41) is 30.0. The average molecular weight is 312 g/mol. The van der Waals surface area contributed by atoms with Crippen molar-refractivity contribution in [2.45, 2.75) is 24.0 Å². The van der Waals surface area contributed by atoms with E-state index < -0.39 is 36.2 Å². The SMILES string of the molecule is NC[C@@]1(O)[C@@H](CO)O[C@@H](n2cnc3c(=O)[nH]c(N)nc32)[C@@H]1O. The van der Waals surface area contributed by atoms with Crippen LogP contribution in [0.2, 0.25) is 0 Å². The van der Waals surface area contributed by atoms with Crippen molar-refractivity contribution in [3.05, 3.63) is 16.7 Å². The fourth-order valence-electron chi connectivity index (χ4n) is 2.60. The van der Waals surface area contributed by atoms with Gasteiger partial charge in [0.2, 0.25) is 5.95 Å². The van der Waals surface area contributed by atoms with Crippen molar-refractivity contribution in [1.82, 2.24) is 19.5 Å². The molecule has 0 amide bonds. The molecule has 22 heavy (non-hydrogen) atoms. The number of aromatic amines is 1. The summed E-state index contributed by atoms with van der Waals surface area (Å²) in [6.45, 7) is -0.858. The maximum absolute atomic E-state index is 11.7. The van der Waals surface area contributed by atoms with Gasteiger partial charge in [-0.2, -0.15) is 4.98 Å². The van der Waals surface area contributed by atoms with E-state index in [1.807, 2.05) is 0 Å². The first-order chi connectivity index (χ1) is 10.4. The van der Waals surface area contributed by atoms with E-state index in [0.717, 1.165) is 0 Å². The molecule has 8 N–H and O–H groups in total. The van der Waals surface area contributed by atoms with E-state index >= 15 is 0 Å². The van der Waals surface area contributed by atoms with Crippen LogP contribution < -0.4 is 17.0 Å². The number of nitrogen functional groups attached to an aromatic ring is 1. The predicted octanol–water partition coefficient (Wildman–Crippen LogP) is -3.36. The highest BCUT2D eigenvalue weighted by Crippen LogP contribution is 2.37. The van der Waals surface area contributed by atoms with Crippen LogP contribution in [-0.4, -0.2) is 65.8 Å². The number of aliphatic hydroxyl groups excluding tert-OH is 2. The number of nitrogens with two attached hydrogens (primary N) is 2. The van der Waals surface area contributed by atoms with Gasteiger partial charge in [0.05, 0.1) is 12.9 Å². The minimum Gasteiger partial charge on any atom is -0.394 e. The third kappa shape index (κ3) is 1.91. The number of H-pyrrole nitrogens is 1. The number of ether oxygens (including phenoxy) is 1. The number of hydrogen-bond donors (Lipinski definition) is 6. The quantitative estimate of drug-likeness (QED) is 0.336. The summed E-state index contributed by atoms with van der Waals surface area (Å²) < 4.78 is 6.73. The molecule has 3 heterocycles. The summed E-state index contributed by atoms with van der Waals surface area (Å²) in [7, 11) is 0. The van der Waals surface area contributed by atoms with Gasteiger partial charge in [-0.05, 0) is 0 Å². The van der Waals surface area contributed by atoms with Gasteiger partial charge in [0.1, 0.15) is 17.8 Å². The summed E-state index contributed by atoms with van der Waals surface area (Å²) >= 11 is 0. The van der Waals surface area contributed by atoms with Crippen LogP contribution in [0.3, 0.4) is 0 Å². The monoisotopic (exact) mass is 312 g/mol. The second kappa shape index (κ2) is 5.00. The summed E-state index contributed by atoms with van der Waals surface area (Å²) in [5.74, 6) is -0.125. The Morgan fingerprint density at radius 1 is 1.55 bits per heavy atom. The Bertz CT molecular complexity index is 759. The lowest BCUT2D eigenvalue weighted by atomic mass is 9.92. The zero-order valence-electron chi connectivity index (χ0n) is 11.4. The Morgan fingerprint density at radius 2 is 2.27 bits per heavy atom. The Morgan fingerprint density at radius 3 is 2.86 bits per heavy atom. The standard InChI is InChI=1S/C11H16N6O5/c12-2-11(21)4(1-18)22-9(6(11)19)17-3-14-5-7(17)15-10(13)16-8(5)20/h3-4,6,9,18-19,21H,1-2,12H2,(H3,13,15,16,20)/t4-,6+,9-,11-/m1/s1. The highest BCUT2D eigenvalue weighted by molar-refractivity contribution is 5.70. The predicted molar refractivity (Wildman–Crippen MR) is 73.6 cm³/mol. The van der Waals surface area contributed by atoms with Crippen LogP contribution in [0.25, 0.3) is 11.2 Å². The summed E-state index contributed by atoms with van der Waals surface area (Å²) in [5.41, 5.74) is 8.71. The molecule has 2 aromatic heterocycles. The smallest absolute Gasteiger partial charge is 0.280 e. The number of rotatable bonds is 3. The van der Waals surface area contributed by atoms with Crippen LogP contribution in [0.4, 0.5) is 5.95 Å². The Hall–Kier alpha value is -2.05. The van der Waals surface area contributed by atoms with E-state index in [0.29, 0.717) is 0 Å². The number of aliphatic hydroxyl groups is 3. The third-order valence-electron chi connectivity index (χ3n) is 3.86. The highest BCUT2D eigenvalue weighted by atomic mass is 16.6. The topological polar surface area (TPSA) is 186 Å². The minimum absolute atomic E-state index is 0.00809. The number of anilines is 1. The van der Waals surface area contributed by atoms with Crippen LogP contribution >= 0.6 is 0 Å². The zero-order valence-corrected chi connectivity index (χ0v) is 11.4. The van der Waals surface area contributed by atoms with Gasteiger partial charge in [0, 0.05) is 6.54 Å². The van der Waals surface area contributed by atoms with Crippen molar-refractivity contribution in [1.29, 1.82) is 0 Å². The van der Waals surface area contributed by atoms with E-state index in [1.165, 1.54) is 10.9 Å². The molecule has 0 bridgehead atoms. The molecule has 0 aliphatic carbocycles. The molecule has 11 heteroatoms. The van der Waals surface area contributed by atoms with Crippen LogP contribution in [0.5, 0.6) is 0 Å². The van der Waals surface area contributed by atoms with Gasteiger partial charge in [-0.15, -0.1) is 0 Å². The van der Waals surface area contributed by atoms with Gasteiger partial charge in [-0.25, -0.2) is 4.98 Å². The van der Waals surface area contributed by atoms with Gasteiger partial charge < -0.3 is 31.5 Å². The molecular formula is C11H16N6O5. The average Bonchev–Trinajstić information content (AvgIpc) is 3.00. The number of imidazole rings is 1. The van der Waals surface area contributed by atoms with Gasteiger partial charge in [-0.1, -0.05) is 0 Å². The molecule has 1 aliphatic rings. The molecule has 3 rings (SSSR count). The molecule has 1 saturated heterocycles. The fraction of sp³-hybridized carbons (Fsp3) is 0.545. The van der Waals surface area contributed by atoms with Crippen molar-refractivity contribution in [2.24, 2.45) is 5.73 Å². The van der Waals surface area contributed by atoms with Crippen molar-refractivity contribution < 1.29 is 20.1 Å². The van der Waals surface area contributed by atoms with E-state index in [1.54, 1.807) is 0 Å². The Kier molecular flexibility index (Phi) is 3.38. The van der Waals surface area contributed by atoms with Gasteiger partial charge >= 0.3 is 0 Å². The second-order valence-electron chi connectivity index (χ2n) is 5.11. The van der Waals surface area contributed by atoms with Crippen molar-refractivity contribution in [3.8, 4) is 0 Å². The van der Waals surface area contributed by atoms with Gasteiger partial charge in [-0.3, -0.25) is 14.3 Å². The van der Waals surface area contributed by atoms with E-state index in [4.69, 9.17) is 16.2 Å². The second-order valence-corrected chi connectivity index (χ2v) is 5.11. The van der Waals surface area contributed by atoms with Crippen molar-refractivity contribution in [3.63, 3.8) is 0 Å². The van der Waals surface area contributed by atoms with Crippen molar-refractivity contribution >= 4 is 17.1 Å². The molecule has 0 unspecified atom stereocenters. The molecule has 0 aromatic carbocycles. The minimum atomic E-state index is -1.83. The first-order valence-electron chi connectivity index (χ1n) is 6.51. The largest absolute Gasteiger partial charge is 0.394 e. The van der Waals surface area contributed by atoms with Gasteiger partial charge in [0.25, 0.3) is 5.56 Å². The zero-order chi connectivity index (χ0) is 16.1. The molecule has 1 aliphatic heterocycles. The Labute approximate surface area is 123 Å². The maximum Gasteiger partial charge on any atom is 0.280 e. The van der Waals surface area contributed by atoms with Crippen LogP contribution in [0, 0.1) is 0 Å². The molecule has 1 fully saturated rings. The number of nitrogens with zero attached hydrogens (tertiary/aromatic N) is 3. The summed E-state index contributed by atoms with van der Waals surface area (Å²) in [6.07, 6.45) is -2.43. The number of fused-ring (bicyclic) bond motifs is 1. The first kappa shape index (κ1) is 14.9. The van der Waals surface area contributed by atoms with Crippen LogP contribution in [0.1, 0.15) is 6.23 Å². The normalized spacial score (nSPS) is 31.9. The van der Waals surface area contributed by atoms with E-state index in [-0.39, 0.29) is 23.7 Å². The molecular weight excluding hydrogens is 296 g/mol. The molecule has 120 valence electrons. The number of aromatic nitrogens is 4. The van der Waals surface area contributed by atoms with Crippen LogP contribution in [-0.2, 0) is 4.74 Å². The molecule has 0 saturated carbocycles. The van der Waals surface area contributed by atoms with E-state index in [2.05, 4.69) is 15.0 Å².